The predicted octanol–water partition coefficient (Wildman–Crippen LogP) is 3.83. The Kier molecular flexibility index (Phi) is 8.88. The van der Waals surface area contributed by atoms with Crippen LogP contribution in [-0.2, 0) is 16.0 Å². The van der Waals surface area contributed by atoms with Gasteiger partial charge in [0.25, 0.3) is 0 Å². The van der Waals surface area contributed by atoms with Gasteiger partial charge >= 0.3 is 5.97 Å². The summed E-state index contributed by atoms with van der Waals surface area (Å²) < 4.78 is 4.87. The van der Waals surface area contributed by atoms with Gasteiger partial charge in [-0.3, -0.25) is 9.79 Å². The number of fused-ring (bicyclic) bond motifs is 1. The zero-order valence-electron chi connectivity index (χ0n) is 16.3. The van der Waals surface area contributed by atoms with Crippen LogP contribution < -0.4 is 5.32 Å². The molecule has 2 heterocycles. The fraction of sp³-hybridized carbons (Fsp3) is 0.500. The number of halogens is 2. The number of carbonyl (C=O) groups excluding carboxylic acids is 1. The van der Waals surface area contributed by atoms with Crippen LogP contribution in [0.5, 0.6) is 0 Å². The fourth-order valence-corrected chi connectivity index (χ4v) is 3.73. The van der Waals surface area contributed by atoms with Gasteiger partial charge in [-0.15, -0.1) is 24.0 Å². The van der Waals surface area contributed by atoms with Crippen molar-refractivity contribution in [1.82, 2.24) is 15.2 Å². The molecule has 2 aromatic rings. The molecule has 0 saturated carbocycles. The molecule has 0 atom stereocenters. The average molecular weight is 519 g/mol. The van der Waals surface area contributed by atoms with E-state index in [9.17, 15) is 4.79 Å². The molecule has 0 bridgehead atoms. The fourth-order valence-electron chi connectivity index (χ4n) is 3.56. The minimum atomic E-state index is -0.102. The third kappa shape index (κ3) is 5.53. The number of H-pyrrole nitrogens is 1. The number of rotatable bonds is 5. The largest absolute Gasteiger partial charge is 0.469 e. The van der Waals surface area contributed by atoms with E-state index in [4.69, 9.17) is 21.3 Å². The first-order valence-electron chi connectivity index (χ1n) is 9.49. The maximum atomic E-state index is 11.7. The van der Waals surface area contributed by atoms with Crippen molar-refractivity contribution in [1.29, 1.82) is 0 Å². The molecule has 154 valence electrons. The van der Waals surface area contributed by atoms with Crippen molar-refractivity contribution in [2.24, 2.45) is 10.9 Å². The number of piperidine rings is 1. The number of nitrogens with one attached hydrogen (secondary N) is 2. The third-order valence-electron chi connectivity index (χ3n) is 5.04. The Balaban J connectivity index is 0.00000280. The minimum Gasteiger partial charge on any atom is -0.469 e. The van der Waals surface area contributed by atoms with Gasteiger partial charge in [0.2, 0.25) is 0 Å². The van der Waals surface area contributed by atoms with E-state index in [-0.39, 0.29) is 35.9 Å². The molecular weight excluding hydrogens is 491 g/mol. The first-order valence-corrected chi connectivity index (χ1v) is 9.86. The molecule has 0 spiro atoms. The summed E-state index contributed by atoms with van der Waals surface area (Å²) in [6.45, 7) is 5.21. The van der Waals surface area contributed by atoms with E-state index in [1.54, 1.807) is 0 Å². The summed E-state index contributed by atoms with van der Waals surface area (Å²) in [7, 11) is 1.46. The molecular formula is C20H28ClIN4O2. The van der Waals surface area contributed by atoms with E-state index in [1.807, 2.05) is 24.4 Å². The van der Waals surface area contributed by atoms with Crippen LogP contribution in [0, 0.1) is 5.92 Å². The Labute approximate surface area is 188 Å². The Morgan fingerprint density at radius 1 is 1.39 bits per heavy atom. The van der Waals surface area contributed by atoms with Crippen molar-refractivity contribution >= 4 is 58.4 Å². The van der Waals surface area contributed by atoms with Crippen LogP contribution in [0.4, 0.5) is 0 Å². The standard InChI is InChI=1S/C20H27ClN4O2.HI/c1-3-22-20(25-10-7-14(8-11-25)19(26)27-2)23-9-6-15-13-24-18-5-4-16(21)12-17(15)18;/h4-5,12-14,24H,3,6-11H2,1-2H3,(H,22,23);1H. The number of nitrogens with zero attached hydrogens (tertiary/aromatic N) is 2. The summed E-state index contributed by atoms with van der Waals surface area (Å²) in [4.78, 5) is 22.0. The van der Waals surface area contributed by atoms with Crippen molar-refractivity contribution < 1.29 is 9.53 Å². The summed E-state index contributed by atoms with van der Waals surface area (Å²) in [5, 5.41) is 5.27. The van der Waals surface area contributed by atoms with E-state index in [1.165, 1.54) is 12.7 Å². The third-order valence-corrected chi connectivity index (χ3v) is 5.27. The molecule has 1 aromatic heterocycles. The molecule has 0 radical (unpaired) electrons. The summed E-state index contributed by atoms with van der Waals surface area (Å²) >= 11 is 6.13. The van der Waals surface area contributed by atoms with Gasteiger partial charge in [-0.2, -0.15) is 0 Å². The van der Waals surface area contributed by atoms with E-state index in [0.29, 0.717) is 6.54 Å². The number of guanidine groups is 1. The first kappa shape index (κ1) is 22.8. The molecule has 6 nitrogen and oxygen atoms in total. The summed E-state index contributed by atoms with van der Waals surface area (Å²) in [6.07, 6.45) is 4.48. The second kappa shape index (κ2) is 10.9. The molecule has 1 aliphatic rings. The van der Waals surface area contributed by atoms with Gasteiger partial charge in [0.1, 0.15) is 0 Å². The molecule has 1 aromatic carbocycles. The zero-order chi connectivity index (χ0) is 19.2. The highest BCUT2D eigenvalue weighted by Crippen LogP contribution is 2.23. The maximum absolute atomic E-state index is 11.7. The lowest BCUT2D eigenvalue weighted by molar-refractivity contribution is -0.146. The number of aliphatic imine (C=N–C) groups is 1. The number of ether oxygens (including phenoxy) is 1. The lowest BCUT2D eigenvalue weighted by Crippen LogP contribution is -2.46. The predicted molar refractivity (Wildman–Crippen MR) is 125 cm³/mol. The van der Waals surface area contributed by atoms with Crippen LogP contribution >= 0.6 is 35.6 Å². The van der Waals surface area contributed by atoms with Crippen LogP contribution in [0.15, 0.2) is 29.4 Å². The highest BCUT2D eigenvalue weighted by Gasteiger charge is 2.26. The zero-order valence-corrected chi connectivity index (χ0v) is 19.4. The number of hydrogen-bond donors (Lipinski definition) is 2. The number of likely N-dealkylation sites (tertiary alicyclic amines) is 1. The number of aromatic amines is 1. The Morgan fingerprint density at radius 3 is 2.82 bits per heavy atom. The second-order valence-electron chi connectivity index (χ2n) is 6.77. The Hall–Kier alpha value is -1.48. The SMILES string of the molecule is CCNC(=NCCc1c[nH]c2ccc(Cl)cc12)N1CCC(C(=O)OC)CC1.I. The smallest absolute Gasteiger partial charge is 0.308 e. The second-order valence-corrected chi connectivity index (χ2v) is 7.21. The first-order chi connectivity index (χ1) is 13.1. The van der Waals surface area contributed by atoms with Gasteiger partial charge in [-0.25, -0.2) is 0 Å². The number of carbonyl (C=O) groups is 1. The van der Waals surface area contributed by atoms with Gasteiger partial charge in [0.15, 0.2) is 5.96 Å². The number of esters is 1. The topological polar surface area (TPSA) is 69.7 Å². The van der Waals surface area contributed by atoms with Gasteiger partial charge in [0.05, 0.1) is 13.0 Å². The molecule has 8 heteroatoms. The summed E-state index contributed by atoms with van der Waals surface area (Å²) in [6, 6.07) is 5.89. The molecule has 0 unspecified atom stereocenters. The number of benzene rings is 1. The normalized spacial score (nSPS) is 15.4. The molecule has 2 N–H and O–H groups in total. The minimum absolute atomic E-state index is 0. The highest BCUT2D eigenvalue weighted by molar-refractivity contribution is 14.0. The Bertz CT molecular complexity index is 816. The van der Waals surface area contributed by atoms with Crippen molar-refractivity contribution in [3.8, 4) is 0 Å². The molecule has 1 aliphatic heterocycles. The van der Waals surface area contributed by atoms with Gasteiger partial charge in [0, 0.05) is 48.3 Å². The number of hydrogen-bond acceptors (Lipinski definition) is 3. The van der Waals surface area contributed by atoms with Crippen LogP contribution in [0.2, 0.25) is 5.02 Å². The molecule has 1 saturated heterocycles. The van der Waals surface area contributed by atoms with E-state index < -0.39 is 0 Å². The van der Waals surface area contributed by atoms with Crippen LogP contribution in [0.1, 0.15) is 25.3 Å². The van der Waals surface area contributed by atoms with Crippen LogP contribution in [0.25, 0.3) is 10.9 Å². The van der Waals surface area contributed by atoms with Crippen molar-refractivity contribution in [2.75, 3.05) is 33.3 Å². The van der Waals surface area contributed by atoms with Crippen LogP contribution in [0.3, 0.4) is 0 Å². The molecule has 28 heavy (non-hydrogen) atoms. The van der Waals surface area contributed by atoms with Gasteiger partial charge in [-0.1, -0.05) is 11.6 Å². The summed E-state index contributed by atoms with van der Waals surface area (Å²) in [5.41, 5.74) is 2.31. The molecule has 3 rings (SSSR count). The van der Waals surface area contributed by atoms with Crippen molar-refractivity contribution in [2.45, 2.75) is 26.2 Å². The maximum Gasteiger partial charge on any atom is 0.308 e. The number of aromatic nitrogens is 1. The monoisotopic (exact) mass is 518 g/mol. The van der Waals surface area contributed by atoms with E-state index in [2.05, 4.69) is 22.1 Å². The average Bonchev–Trinajstić information content (AvgIpc) is 3.09. The van der Waals surface area contributed by atoms with Crippen LogP contribution in [-0.4, -0.2) is 55.1 Å². The summed E-state index contributed by atoms with van der Waals surface area (Å²) in [5.74, 6) is 0.818. The van der Waals surface area contributed by atoms with Crippen molar-refractivity contribution in [3.63, 3.8) is 0 Å². The van der Waals surface area contributed by atoms with E-state index >= 15 is 0 Å². The lowest BCUT2D eigenvalue weighted by Gasteiger charge is -2.33. The van der Waals surface area contributed by atoms with Gasteiger partial charge in [-0.05, 0) is 49.9 Å². The molecule has 0 aliphatic carbocycles. The molecule has 1 fully saturated rings. The Morgan fingerprint density at radius 2 is 2.14 bits per heavy atom. The quantitative estimate of drug-likeness (QED) is 0.273. The lowest BCUT2D eigenvalue weighted by atomic mass is 9.97. The number of methoxy groups -OCH3 is 1. The van der Waals surface area contributed by atoms with E-state index in [0.717, 1.165) is 60.8 Å². The highest BCUT2D eigenvalue weighted by atomic mass is 127. The molecule has 0 amide bonds. The van der Waals surface area contributed by atoms with Crippen molar-refractivity contribution in [3.05, 3.63) is 35.0 Å². The van der Waals surface area contributed by atoms with Gasteiger partial charge < -0.3 is 19.9 Å².